The number of anilines is 1. The molecule has 0 radical (unpaired) electrons. The zero-order valence-corrected chi connectivity index (χ0v) is 9.93. The third kappa shape index (κ3) is 3.18. The summed E-state index contributed by atoms with van der Waals surface area (Å²) in [5.74, 6) is 0.0368. The molecule has 5 nitrogen and oxygen atoms in total. The summed E-state index contributed by atoms with van der Waals surface area (Å²) in [4.78, 5) is 24.8. The van der Waals surface area contributed by atoms with E-state index in [-0.39, 0.29) is 17.9 Å². The molecule has 88 valence electrons. The predicted octanol–water partition coefficient (Wildman–Crippen LogP) is 0.679. The standard InChI is InChI=1S/C11H17N3O2/c1-4-5-10(15)8-14-11(16)6-9(7-12-14)13(2)3/h6-7H,4-5,8H2,1-3H3. The van der Waals surface area contributed by atoms with Crippen molar-refractivity contribution in [2.45, 2.75) is 26.3 Å². The van der Waals surface area contributed by atoms with Crippen LogP contribution in [0.3, 0.4) is 0 Å². The van der Waals surface area contributed by atoms with Crippen LogP contribution in [0.5, 0.6) is 0 Å². The molecule has 0 bridgehead atoms. The van der Waals surface area contributed by atoms with Gasteiger partial charge in [-0.15, -0.1) is 0 Å². The largest absolute Gasteiger partial charge is 0.376 e. The second-order valence-corrected chi connectivity index (χ2v) is 3.89. The van der Waals surface area contributed by atoms with Crippen LogP contribution in [0.25, 0.3) is 0 Å². The number of hydrogen-bond acceptors (Lipinski definition) is 4. The highest BCUT2D eigenvalue weighted by atomic mass is 16.1. The van der Waals surface area contributed by atoms with Gasteiger partial charge in [-0.25, -0.2) is 4.68 Å². The van der Waals surface area contributed by atoms with Crippen molar-refractivity contribution in [3.8, 4) is 0 Å². The zero-order chi connectivity index (χ0) is 12.1. The van der Waals surface area contributed by atoms with Gasteiger partial charge in [0.05, 0.1) is 11.9 Å². The summed E-state index contributed by atoms with van der Waals surface area (Å²) >= 11 is 0. The molecule has 1 rings (SSSR count). The minimum atomic E-state index is -0.240. The van der Waals surface area contributed by atoms with Gasteiger partial charge in [0.15, 0.2) is 5.78 Å². The molecule has 0 aliphatic carbocycles. The maximum Gasteiger partial charge on any atom is 0.269 e. The van der Waals surface area contributed by atoms with Crippen LogP contribution in [0.1, 0.15) is 19.8 Å². The van der Waals surface area contributed by atoms with Gasteiger partial charge in [0.2, 0.25) is 0 Å². The summed E-state index contributed by atoms with van der Waals surface area (Å²) in [5.41, 5.74) is 0.500. The number of nitrogens with zero attached hydrogens (tertiary/aromatic N) is 3. The van der Waals surface area contributed by atoms with Crippen LogP contribution in [0.15, 0.2) is 17.1 Å². The maximum atomic E-state index is 11.6. The van der Waals surface area contributed by atoms with Crippen LogP contribution in [0.4, 0.5) is 5.69 Å². The van der Waals surface area contributed by atoms with Crippen molar-refractivity contribution in [1.29, 1.82) is 0 Å². The lowest BCUT2D eigenvalue weighted by atomic mass is 10.2. The molecule has 0 atom stereocenters. The molecule has 0 N–H and O–H groups in total. The summed E-state index contributed by atoms with van der Waals surface area (Å²) in [7, 11) is 3.67. The minimum absolute atomic E-state index is 0.0368. The zero-order valence-electron chi connectivity index (χ0n) is 9.93. The minimum Gasteiger partial charge on any atom is -0.376 e. The first-order valence-electron chi connectivity index (χ1n) is 5.30. The number of rotatable bonds is 5. The highest BCUT2D eigenvalue weighted by molar-refractivity contribution is 5.77. The smallest absolute Gasteiger partial charge is 0.269 e. The number of Topliss-reactive ketones (excluding diaryl/α,β-unsaturated/α-hetero) is 1. The van der Waals surface area contributed by atoms with Gasteiger partial charge < -0.3 is 4.90 Å². The molecule has 0 amide bonds. The van der Waals surface area contributed by atoms with Gasteiger partial charge in [-0.3, -0.25) is 9.59 Å². The highest BCUT2D eigenvalue weighted by Gasteiger charge is 2.06. The number of carbonyl (C=O) groups is 1. The first-order chi connectivity index (χ1) is 7.54. The van der Waals surface area contributed by atoms with Gasteiger partial charge >= 0.3 is 0 Å². The number of ketones is 1. The maximum absolute atomic E-state index is 11.6. The van der Waals surface area contributed by atoms with E-state index in [0.717, 1.165) is 12.1 Å². The van der Waals surface area contributed by atoms with Crippen molar-refractivity contribution in [3.63, 3.8) is 0 Å². The van der Waals surface area contributed by atoms with E-state index in [2.05, 4.69) is 5.10 Å². The molecule has 0 aromatic carbocycles. The normalized spacial score (nSPS) is 10.2. The van der Waals surface area contributed by atoms with Crippen molar-refractivity contribution in [1.82, 2.24) is 9.78 Å². The summed E-state index contributed by atoms with van der Waals surface area (Å²) in [5, 5.41) is 3.96. The molecule has 1 aromatic rings. The predicted molar refractivity (Wildman–Crippen MR) is 62.7 cm³/mol. The van der Waals surface area contributed by atoms with Crippen molar-refractivity contribution in [2.24, 2.45) is 0 Å². The summed E-state index contributed by atoms with van der Waals surface area (Å²) in [6.45, 7) is 2.00. The molecule has 1 heterocycles. The van der Waals surface area contributed by atoms with Crippen molar-refractivity contribution in [2.75, 3.05) is 19.0 Å². The summed E-state index contributed by atoms with van der Waals surface area (Å²) in [6, 6.07) is 1.48. The Balaban J connectivity index is 2.83. The SMILES string of the molecule is CCCC(=O)Cn1ncc(N(C)C)cc1=O. The molecule has 0 aliphatic rings. The van der Waals surface area contributed by atoms with E-state index < -0.39 is 0 Å². The Labute approximate surface area is 94.7 Å². The van der Waals surface area contributed by atoms with Gasteiger partial charge in [-0.2, -0.15) is 5.10 Å². The van der Waals surface area contributed by atoms with E-state index in [0.29, 0.717) is 6.42 Å². The lowest BCUT2D eigenvalue weighted by Crippen LogP contribution is -2.27. The average molecular weight is 223 g/mol. The van der Waals surface area contributed by atoms with Gasteiger partial charge in [-0.05, 0) is 6.42 Å². The second-order valence-electron chi connectivity index (χ2n) is 3.89. The van der Waals surface area contributed by atoms with Crippen molar-refractivity contribution >= 4 is 11.5 Å². The number of hydrogen-bond donors (Lipinski definition) is 0. The Bertz CT molecular complexity index is 423. The van der Waals surface area contributed by atoms with Crippen molar-refractivity contribution in [3.05, 3.63) is 22.6 Å². The lowest BCUT2D eigenvalue weighted by Gasteiger charge is -2.11. The van der Waals surface area contributed by atoms with Crippen LogP contribution in [-0.2, 0) is 11.3 Å². The van der Waals surface area contributed by atoms with Gasteiger partial charge in [0, 0.05) is 26.6 Å². The Hall–Kier alpha value is -1.65. The summed E-state index contributed by atoms with van der Waals surface area (Å²) in [6.07, 6.45) is 2.87. The van der Waals surface area contributed by atoms with Gasteiger partial charge in [0.25, 0.3) is 5.56 Å². The fourth-order valence-corrected chi connectivity index (χ4v) is 1.31. The Morgan fingerprint density at radius 1 is 1.50 bits per heavy atom. The number of aromatic nitrogens is 2. The molecule has 0 aliphatic heterocycles. The molecule has 0 unspecified atom stereocenters. The summed E-state index contributed by atoms with van der Waals surface area (Å²) < 4.78 is 1.20. The van der Waals surface area contributed by atoms with Crippen LogP contribution in [0.2, 0.25) is 0 Å². The van der Waals surface area contributed by atoms with Crippen LogP contribution >= 0.6 is 0 Å². The lowest BCUT2D eigenvalue weighted by molar-refractivity contribution is -0.119. The third-order valence-corrected chi connectivity index (χ3v) is 2.23. The van der Waals surface area contributed by atoms with E-state index in [1.54, 1.807) is 11.1 Å². The van der Waals surface area contributed by atoms with E-state index in [1.807, 2.05) is 21.0 Å². The fourth-order valence-electron chi connectivity index (χ4n) is 1.31. The van der Waals surface area contributed by atoms with Crippen LogP contribution in [-0.4, -0.2) is 29.7 Å². The Kier molecular flexibility index (Phi) is 4.22. The topological polar surface area (TPSA) is 55.2 Å². The first-order valence-corrected chi connectivity index (χ1v) is 5.30. The Morgan fingerprint density at radius 3 is 2.69 bits per heavy atom. The van der Waals surface area contributed by atoms with Crippen molar-refractivity contribution < 1.29 is 4.79 Å². The molecular formula is C11H17N3O2. The average Bonchev–Trinajstić information content (AvgIpc) is 2.21. The van der Waals surface area contributed by atoms with E-state index in [1.165, 1.54) is 10.7 Å². The second kappa shape index (κ2) is 5.44. The molecule has 0 fully saturated rings. The Morgan fingerprint density at radius 2 is 2.19 bits per heavy atom. The van der Waals surface area contributed by atoms with E-state index in [4.69, 9.17) is 0 Å². The molecule has 1 aromatic heterocycles. The molecule has 0 saturated heterocycles. The monoisotopic (exact) mass is 223 g/mol. The van der Waals surface area contributed by atoms with Gasteiger partial charge in [-0.1, -0.05) is 6.92 Å². The molecule has 0 saturated carbocycles. The van der Waals surface area contributed by atoms with Crippen LogP contribution < -0.4 is 10.5 Å². The number of carbonyl (C=O) groups excluding carboxylic acids is 1. The highest BCUT2D eigenvalue weighted by Crippen LogP contribution is 2.03. The van der Waals surface area contributed by atoms with Crippen LogP contribution in [0, 0.1) is 0 Å². The van der Waals surface area contributed by atoms with E-state index >= 15 is 0 Å². The molecule has 5 heteroatoms. The third-order valence-electron chi connectivity index (χ3n) is 2.23. The fraction of sp³-hybridized carbons (Fsp3) is 0.545. The molecular weight excluding hydrogens is 206 g/mol. The van der Waals surface area contributed by atoms with E-state index in [9.17, 15) is 9.59 Å². The van der Waals surface area contributed by atoms with Gasteiger partial charge in [0.1, 0.15) is 6.54 Å². The molecule has 0 spiro atoms. The quantitative estimate of drug-likeness (QED) is 0.736. The molecule has 16 heavy (non-hydrogen) atoms. The first kappa shape index (κ1) is 12.4.